The summed E-state index contributed by atoms with van der Waals surface area (Å²) in [6, 6.07) is 7.62. The predicted octanol–water partition coefficient (Wildman–Crippen LogP) is 2.75. The van der Waals surface area contributed by atoms with E-state index < -0.39 is 16.4 Å². The van der Waals surface area contributed by atoms with Gasteiger partial charge in [-0.05, 0) is 30.5 Å². The molecule has 1 aromatic rings. The van der Waals surface area contributed by atoms with E-state index in [0.717, 1.165) is 10.0 Å². The van der Waals surface area contributed by atoms with E-state index in [1.165, 1.54) is 0 Å². The summed E-state index contributed by atoms with van der Waals surface area (Å²) in [7, 11) is -1.01. The SMILES string of the molecule is CC(C)C(C)(C(N)=NC(=O)N1CCN(S(C)=O)CC1)c1ccc(Br)cc1. The molecule has 2 rings (SSSR count). The molecule has 0 saturated carbocycles. The largest absolute Gasteiger partial charge is 0.386 e. The first-order chi connectivity index (χ1) is 12.2. The van der Waals surface area contributed by atoms with Crippen LogP contribution >= 0.6 is 15.9 Å². The summed E-state index contributed by atoms with van der Waals surface area (Å²) in [4.78, 5) is 18.5. The van der Waals surface area contributed by atoms with Crippen LogP contribution in [0.1, 0.15) is 26.3 Å². The lowest BCUT2D eigenvalue weighted by Gasteiger charge is -2.35. The highest BCUT2D eigenvalue weighted by molar-refractivity contribution is 9.10. The second-order valence-corrected chi connectivity index (χ2v) is 9.26. The smallest absolute Gasteiger partial charge is 0.345 e. The van der Waals surface area contributed by atoms with Crippen LogP contribution in [-0.2, 0) is 16.4 Å². The Kier molecular flexibility index (Phi) is 6.99. The van der Waals surface area contributed by atoms with Crippen molar-refractivity contribution in [2.75, 3.05) is 32.4 Å². The minimum atomic E-state index is -1.01. The van der Waals surface area contributed by atoms with E-state index in [4.69, 9.17) is 5.73 Å². The van der Waals surface area contributed by atoms with E-state index in [9.17, 15) is 9.00 Å². The van der Waals surface area contributed by atoms with Gasteiger partial charge in [-0.15, -0.1) is 0 Å². The van der Waals surface area contributed by atoms with Gasteiger partial charge < -0.3 is 10.6 Å². The molecule has 6 nitrogen and oxygen atoms in total. The van der Waals surface area contributed by atoms with Crippen molar-refractivity contribution in [3.05, 3.63) is 34.3 Å². The zero-order valence-electron chi connectivity index (χ0n) is 15.7. The maximum Gasteiger partial charge on any atom is 0.345 e. The molecule has 1 fully saturated rings. The zero-order valence-corrected chi connectivity index (χ0v) is 18.1. The maximum absolute atomic E-state index is 12.6. The van der Waals surface area contributed by atoms with E-state index in [-0.39, 0.29) is 11.9 Å². The van der Waals surface area contributed by atoms with Crippen molar-refractivity contribution >= 4 is 38.8 Å². The second-order valence-electron chi connectivity index (χ2n) is 6.98. The lowest BCUT2D eigenvalue weighted by atomic mass is 9.72. The average Bonchev–Trinajstić information content (AvgIpc) is 2.61. The van der Waals surface area contributed by atoms with Crippen LogP contribution in [0.5, 0.6) is 0 Å². The van der Waals surface area contributed by atoms with Crippen molar-refractivity contribution in [1.82, 2.24) is 9.21 Å². The van der Waals surface area contributed by atoms with Crippen molar-refractivity contribution in [2.24, 2.45) is 16.6 Å². The number of amides is 2. The van der Waals surface area contributed by atoms with Crippen LogP contribution in [-0.4, -0.2) is 57.7 Å². The molecule has 1 saturated heterocycles. The van der Waals surface area contributed by atoms with Gasteiger partial charge in [0.15, 0.2) is 0 Å². The number of rotatable bonds is 4. The van der Waals surface area contributed by atoms with Gasteiger partial charge in [0.1, 0.15) is 5.84 Å². The molecule has 26 heavy (non-hydrogen) atoms. The van der Waals surface area contributed by atoms with Crippen LogP contribution in [0.3, 0.4) is 0 Å². The zero-order chi connectivity index (χ0) is 19.5. The molecule has 0 spiro atoms. The number of hydrogen-bond donors (Lipinski definition) is 1. The van der Waals surface area contributed by atoms with E-state index in [1.54, 1.807) is 11.2 Å². The van der Waals surface area contributed by atoms with Gasteiger partial charge in [-0.1, -0.05) is 41.9 Å². The molecule has 1 aliphatic heterocycles. The highest BCUT2D eigenvalue weighted by Gasteiger charge is 2.36. The van der Waals surface area contributed by atoms with E-state index in [0.29, 0.717) is 32.0 Å². The monoisotopic (exact) mass is 442 g/mol. The van der Waals surface area contributed by atoms with Gasteiger partial charge in [-0.3, -0.25) is 0 Å². The van der Waals surface area contributed by atoms with Gasteiger partial charge in [-0.2, -0.15) is 4.99 Å². The molecule has 1 heterocycles. The number of benzene rings is 1. The lowest BCUT2D eigenvalue weighted by Crippen LogP contribution is -2.49. The van der Waals surface area contributed by atoms with Crippen molar-refractivity contribution in [1.29, 1.82) is 0 Å². The summed E-state index contributed by atoms with van der Waals surface area (Å²) < 4.78 is 14.4. The molecule has 0 aliphatic carbocycles. The van der Waals surface area contributed by atoms with Gasteiger partial charge in [0.05, 0.1) is 16.4 Å². The Labute approximate surface area is 166 Å². The Hall–Kier alpha value is -1.25. The summed E-state index contributed by atoms with van der Waals surface area (Å²) in [5, 5.41) is 0. The number of aliphatic imine (C=N–C) groups is 1. The predicted molar refractivity (Wildman–Crippen MR) is 111 cm³/mol. The fourth-order valence-electron chi connectivity index (χ4n) is 3.00. The normalized spacial score (nSPS) is 20.1. The molecule has 2 atom stereocenters. The van der Waals surface area contributed by atoms with Gasteiger partial charge in [0.2, 0.25) is 0 Å². The summed E-state index contributed by atoms with van der Waals surface area (Å²) in [5.41, 5.74) is 6.82. The Morgan fingerprint density at radius 1 is 1.23 bits per heavy atom. The molecule has 0 bridgehead atoms. The van der Waals surface area contributed by atoms with Gasteiger partial charge in [-0.25, -0.2) is 13.3 Å². The first kappa shape index (κ1) is 21.1. The number of hydrogen-bond acceptors (Lipinski definition) is 2. The first-order valence-electron chi connectivity index (χ1n) is 8.64. The number of halogens is 1. The molecule has 2 unspecified atom stereocenters. The highest BCUT2D eigenvalue weighted by Crippen LogP contribution is 2.33. The molecular weight excluding hydrogens is 416 g/mol. The minimum absolute atomic E-state index is 0.166. The number of nitrogens with two attached hydrogens (primary N) is 1. The lowest BCUT2D eigenvalue weighted by molar-refractivity contribution is 0.183. The fourth-order valence-corrected chi connectivity index (χ4v) is 3.94. The van der Waals surface area contributed by atoms with Gasteiger partial charge >= 0.3 is 6.03 Å². The standard InChI is InChI=1S/C18H27BrN4O2S/c1-13(2)18(3,14-5-7-15(19)8-6-14)16(20)21-17(24)22-9-11-23(12-10-22)26(4)25/h5-8,13H,9-12H2,1-4H3,(H2,20,21,24). The molecular formula is C18H27BrN4O2S. The molecule has 2 N–H and O–H groups in total. The van der Waals surface area contributed by atoms with Crippen molar-refractivity contribution in [3.8, 4) is 0 Å². The quantitative estimate of drug-likeness (QED) is 0.574. The molecule has 0 radical (unpaired) electrons. The molecule has 0 aromatic heterocycles. The van der Waals surface area contributed by atoms with Gasteiger partial charge in [0.25, 0.3) is 0 Å². The second kappa shape index (κ2) is 8.63. The Bertz CT molecular complexity index is 700. The van der Waals surface area contributed by atoms with Crippen LogP contribution in [0, 0.1) is 5.92 Å². The molecule has 1 aromatic carbocycles. The number of urea groups is 1. The fraction of sp³-hybridized carbons (Fsp3) is 0.556. The number of nitrogens with zero attached hydrogens (tertiary/aromatic N) is 3. The Balaban J connectivity index is 2.20. The number of piperazine rings is 1. The highest BCUT2D eigenvalue weighted by atomic mass is 79.9. The third-order valence-corrected chi connectivity index (χ3v) is 6.84. The van der Waals surface area contributed by atoms with Crippen LogP contribution in [0.15, 0.2) is 33.7 Å². The topological polar surface area (TPSA) is 79.0 Å². The van der Waals surface area contributed by atoms with Gasteiger partial charge in [0, 0.05) is 36.9 Å². The summed E-state index contributed by atoms with van der Waals surface area (Å²) in [5.74, 6) is 0.487. The Morgan fingerprint density at radius 2 is 1.77 bits per heavy atom. The third-order valence-electron chi connectivity index (χ3n) is 5.22. The summed E-state index contributed by atoms with van der Waals surface area (Å²) in [6.07, 6.45) is 1.65. The first-order valence-corrected chi connectivity index (χ1v) is 10.9. The molecule has 8 heteroatoms. The van der Waals surface area contributed by atoms with Crippen LogP contribution < -0.4 is 5.73 Å². The van der Waals surface area contributed by atoms with Crippen molar-refractivity contribution in [3.63, 3.8) is 0 Å². The van der Waals surface area contributed by atoms with Crippen LogP contribution in [0.2, 0.25) is 0 Å². The third kappa shape index (κ3) is 4.53. The van der Waals surface area contributed by atoms with Crippen molar-refractivity contribution in [2.45, 2.75) is 26.2 Å². The summed E-state index contributed by atoms with van der Waals surface area (Å²) >= 11 is 3.45. The van der Waals surface area contributed by atoms with Crippen LogP contribution in [0.4, 0.5) is 4.79 Å². The molecule has 2 amide bonds. The summed E-state index contributed by atoms with van der Waals surface area (Å²) in [6.45, 7) is 8.34. The Morgan fingerprint density at radius 3 is 2.23 bits per heavy atom. The number of amidine groups is 1. The number of carbonyl (C=O) groups excluding carboxylic acids is 1. The van der Waals surface area contributed by atoms with E-state index in [1.807, 2.05) is 35.5 Å². The van der Waals surface area contributed by atoms with Crippen LogP contribution in [0.25, 0.3) is 0 Å². The molecule has 144 valence electrons. The van der Waals surface area contributed by atoms with Crippen molar-refractivity contribution < 1.29 is 9.00 Å². The number of carbonyl (C=O) groups is 1. The molecule has 1 aliphatic rings. The van der Waals surface area contributed by atoms with E-state index in [2.05, 4.69) is 34.8 Å². The maximum atomic E-state index is 12.6. The minimum Gasteiger partial charge on any atom is -0.386 e. The van der Waals surface area contributed by atoms with E-state index >= 15 is 0 Å². The average molecular weight is 443 g/mol.